The summed E-state index contributed by atoms with van der Waals surface area (Å²) in [4.78, 5) is 4.70. The van der Waals surface area contributed by atoms with Crippen LogP contribution in [0.25, 0.3) is 16.8 Å². The van der Waals surface area contributed by atoms with Crippen LogP contribution in [0, 0.1) is 11.3 Å². The number of nitrogens with zero attached hydrogens (tertiary/aromatic N) is 4. The SMILES string of the molecule is N#Cc1ccccc1-c1cc(Cl)nn2cc(C3CC3)nc12. The van der Waals surface area contributed by atoms with Crippen LogP contribution in [0.3, 0.4) is 0 Å². The molecule has 0 N–H and O–H groups in total. The standard InChI is InChI=1S/C16H11ClN4/c17-15-7-13(12-4-2-1-3-11(12)8-18)16-19-14(10-5-6-10)9-21(16)20-15/h1-4,7,9-10H,5-6H2. The Kier molecular flexibility index (Phi) is 2.69. The van der Waals surface area contributed by atoms with Crippen molar-refractivity contribution in [1.29, 1.82) is 5.26 Å². The van der Waals surface area contributed by atoms with Gasteiger partial charge in [-0.15, -0.1) is 0 Å². The fraction of sp³-hybridized carbons (Fsp3) is 0.188. The molecule has 0 aliphatic heterocycles. The maximum Gasteiger partial charge on any atom is 0.161 e. The third kappa shape index (κ3) is 2.07. The molecular weight excluding hydrogens is 284 g/mol. The number of hydrogen-bond donors (Lipinski definition) is 0. The van der Waals surface area contributed by atoms with Gasteiger partial charge in [0.2, 0.25) is 0 Å². The Balaban J connectivity index is 2.01. The third-order valence-corrected chi connectivity index (χ3v) is 3.93. The lowest BCUT2D eigenvalue weighted by molar-refractivity contribution is 0.932. The van der Waals surface area contributed by atoms with Gasteiger partial charge in [0.05, 0.1) is 23.5 Å². The zero-order valence-electron chi connectivity index (χ0n) is 11.1. The van der Waals surface area contributed by atoms with Crippen molar-refractivity contribution in [1.82, 2.24) is 14.6 Å². The fourth-order valence-electron chi connectivity index (χ4n) is 2.55. The monoisotopic (exact) mass is 294 g/mol. The molecule has 0 saturated heterocycles. The molecule has 4 rings (SSSR count). The van der Waals surface area contributed by atoms with E-state index < -0.39 is 0 Å². The first kappa shape index (κ1) is 12.4. The quantitative estimate of drug-likeness (QED) is 0.722. The van der Waals surface area contributed by atoms with Crippen molar-refractivity contribution in [2.24, 2.45) is 0 Å². The Hall–Kier alpha value is -2.38. The number of aromatic nitrogens is 3. The van der Waals surface area contributed by atoms with Gasteiger partial charge in [-0.25, -0.2) is 9.50 Å². The van der Waals surface area contributed by atoms with Crippen molar-refractivity contribution < 1.29 is 0 Å². The molecule has 0 spiro atoms. The van der Waals surface area contributed by atoms with Gasteiger partial charge in [0, 0.05) is 17.0 Å². The second kappa shape index (κ2) is 4.57. The van der Waals surface area contributed by atoms with Crippen LogP contribution in [0.15, 0.2) is 36.5 Å². The summed E-state index contributed by atoms with van der Waals surface area (Å²) < 4.78 is 1.72. The number of benzene rings is 1. The summed E-state index contributed by atoms with van der Waals surface area (Å²) in [6, 6.07) is 11.5. The van der Waals surface area contributed by atoms with Gasteiger partial charge in [0.25, 0.3) is 0 Å². The van der Waals surface area contributed by atoms with E-state index in [-0.39, 0.29) is 0 Å². The minimum Gasteiger partial charge on any atom is -0.231 e. The van der Waals surface area contributed by atoms with Gasteiger partial charge in [-0.3, -0.25) is 0 Å². The van der Waals surface area contributed by atoms with E-state index in [1.165, 1.54) is 12.8 Å². The highest BCUT2D eigenvalue weighted by Gasteiger charge is 2.27. The smallest absolute Gasteiger partial charge is 0.161 e. The highest BCUT2D eigenvalue weighted by Crippen LogP contribution is 2.40. The number of fused-ring (bicyclic) bond motifs is 1. The van der Waals surface area contributed by atoms with Crippen LogP contribution >= 0.6 is 11.6 Å². The molecule has 1 aliphatic carbocycles. The first-order chi connectivity index (χ1) is 10.3. The molecule has 0 atom stereocenters. The lowest BCUT2D eigenvalue weighted by Gasteiger charge is -2.06. The number of hydrogen-bond acceptors (Lipinski definition) is 3. The molecule has 3 aromatic rings. The van der Waals surface area contributed by atoms with E-state index >= 15 is 0 Å². The largest absolute Gasteiger partial charge is 0.231 e. The lowest BCUT2D eigenvalue weighted by Crippen LogP contribution is -1.95. The van der Waals surface area contributed by atoms with E-state index in [4.69, 9.17) is 16.6 Å². The van der Waals surface area contributed by atoms with Crippen LogP contribution < -0.4 is 0 Å². The van der Waals surface area contributed by atoms with E-state index in [9.17, 15) is 5.26 Å². The zero-order chi connectivity index (χ0) is 14.4. The molecule has 5 heteroatoms. The van der Waals surface area contributed by atoms with Crippen LogP contribution in [0.1, 0.15) is 30.0 Å². The Labute approximate surface area is 126 Å². The molecule has 2 heterocycles. The molecule has 0 radical (unpaired) electrons. The summed E-state index contributed by atoms with van der Waals surface area (Å²) in [6.45, 7) is 0. The Morgan fingerprint density at radius 3 is 2.81 bits per heavy atom. The normalized spacial score (nSPS) is 14.3. The minimum absolute atomic E-state index is 0.394. The molecule has 4 nitrogen and oxygen atoms in total. The first-order valence-corrected chi connectivity index (χ1v) is 7.19. The summed E-state index contributed by atoms with van der Waals surface area (Å²) in [6.07, 6.45) is 4.31. The van der Waals surface area contributed by atoms with Crippen LogP contribution in [0.2, 0.25) is 5.15 Å². The van der Waals surface area contributed by atoms with E-state index in [0.717, 1.165) is 22.5 Å². The fourth-order valence-corrected chi connectivity index (χ4v) is 2.74. The Morgan fingerprint density at radius 2 is 2.05 bits per heavy atom. The minimum atomic E-state index is 0.394. The maximum absolute atomic E-state index is 9.30. The zero-order valence-corrected chi connectivity index (χ0v) is 11.9. The summed E-state index contributed by atoms with van der Waals surface area (Å²) in [7, 11) is 0. The summed E-state index contributed by atoms with van der Waals surface area (Å²) in [5.41, 5.74) is 4.10. The average Bonchev–Trinajstić information content (AvgIpc) is 3.26. The van der Waals surface area contributed by atoms with Gasteiger partial charge in [0.1, 0.15) is 0 Å². The summed E-state index contributed by atoms with van der Waals surface area (Å²) in [5, 5.41) is 14.0. The second-order valence-corrected chi connectivity index (χ2v) is 5.63. The van der Waals surface area contributed by atoms with Crippen molar-refractivity contribution in [2.45, 2.75) is 18.8 Å². The van der Waals surface area contributed by atoms with Crippen LogP contribution in [-0.4, -0.2) is 14.6 Å². The number of nitriles is 1. The van der Waals surface area contributed by atoms with E-state index in [1.54, 1.807) is 16.6 Å². The second-order valence-electron chi connectivity index (χ2n) is 5.25. The Morgan fingerprint density at radius 1 is 1.24 bits per heavy atom. The Bertz CT molecular complexity index is 887. The highest BCUT2D eigenvalue weighted by molar-refractivity contribution is 6.29. The molecule has 1 aromatic carbocycles. The van der Waals surface area contributed by atoms with Crippen molar-refractivity contribution >= 4 is 17.2 Å². The van der Waals surface area contributed by atoms with Gasteiger partial charge < -0.3 is 0 Å². The van der Waals surface area contributed by atoms with Crippen LogP contribution in [0.4, 0.5) is 0 Å². The number of halogens is 1. The predicted octanol–water partition coefficient (Wildman–Crippen LogP) is 3.80. The summed E-state index contributed by atoms with van der Waals surface area (Å²) in [5.74, 6) is 0.546. The maximum atomic E-state index is 9.30. The van der Waals surface area contributed by atoms with Gasteiger partial charge in [0.15, 0.2) is 10.8 Å². The lowest BCUT2D eigenvalue weighted by atomic mass is 10.0. The first-order valence-electron chi connectivity index (χ1n) is 6.81. The van der Waals surface area contributed by atoms with Gasteiger partial charge in [-0.1, -0.05) is 29.8 Å². The number of rotatable bonds is 2. The van der Waals surface area contributed by atoms with E-state index in [1.807, 2.05) is 24.4 Å². The highest BCUT2D eigenvalue weighted by atomic mass is 35.5. The molecule has 2 aromatic heterocycles. The van der Waals surface area contributed by atoms with E-state index in [0.29, 0.717) is 16.6 Å². The van der Waals surface area contributed by atoms with Crippen molar-refractivity contribution in [2.75, 3.05) is 0 Å². The average molecular weight is 295 g/mol. The molecular formula is C16H11ClN4. The molecule has 0 bridgehead atoms. The predicted molar refractivity (Wildman–Crippen MR) is 80.1 cm³/mol. The summed E-state index contributed by atoms with van der Waals surface area (Å²) >= 11 is 6.13. The van der Waals surface area contributed by atoms with E-state index in [2.05, 4.69) is 11.2 Å². The molecule has 0 unspecified atom stereocenters. The van der Waals surface area contributed by atoms with Crippen LogP contribution in [0.5, 0.6) is 0 Å². The topological polar surface area (TPSA) is 54.0 Å². The van der Waals surface area contributed by atoms with Crippen molar-refractivity contribution in [3.8, 4) is 17.2 Å². The molecule has 1 fully saturated rings. The molecule has 1 aliphatic rings. The van der Waals surface area contributed by atoms with Crippen molar-refractivity contribution in [3.05, 3.63) is 52.9 Å². The molecule has 102 valence electrons. The molecule has 1 saturated carbocycles. The van der Waals surface area contributed by atoms with Gasteiger partial charge in [-0.2, -0.15) is 10.4 Å². The van der Waals surface area contributed by atoms with Crippen LogP contribution in [-0.2, 0) is 0 Å². The van der Waals surface area contributed by atoms with Crippen molar-refractivity contribution in [3.63, 3.8) is 0 Å². The number of imidazole rings is 1. The van der Waals surface area contributed by atoms with Gasteiger partial charge >= 0.3 is 0 Å². The third-order valence-electron chi connectivity index (χ3n) is 3.75. The van der Waals surface area contributed by atoms with Gasteiger partial charge in [-0.05, 0) is 25.0 Å². The molecule has 21 heavy (non-hydrogen) atoms. The molecule has 0 amide bonds.